The summed E-state index contributed by atoms with van der Waals surface area (Å²) >= 11 is 0. The summed E-state index contributed by atoms with van der Waals surface area (Å²) in [7, 11) is 2.12. The number of rotatable bonds is 3. The van der Waals surface area contributed by atoms with E-state index in [4.69, 9.17) is 5.73 Å². The molecule has 1 rings (SSSR count). The molecule has 0 radical (unpaired) electrons. The van der Waals surface area contributed by atoms with E-state index in [9.17, 15) is 4.79 Å². The van der Waals surface area contributed by atoms with Crippen molar-refractivity contribution in [1.82, 2.24) is 10.2 Å². The van der Waals surface area contributed by atoms with Crippen LogP contribution >= 0.6 is 0 Å². The van der Waals surface area contributed by atoms with Crippen LogP contribution in [0.15, 0.2) is 0 Å². The van der Waals surface area contributed by atoms with E-state index in [2.05, 4.69) is 17.3 Å². The van der Waals surface area contributed by atoms with Gasteiger partial charge in [-0.05, 0) is 31.8 Å². The van der Waals surface area contributed by atoms with Gasteiger partial charge in [-0.2, -0.15) is 0 Å². The van der Waals surface area contributed by atoms with Crippen molar-refractivity contribution < 1.29 is 4.79 Å². The van der Waals surface area contributed by atoms with Gasteiger partial charge in [-0.1, -0.05) is 27.2 Å². The van der Waals surface area contributed by atoms with Crippen molar-refractivity contribution >= 4 is 5.91 Å². The summed E-state index contributed by atoms with van der Waals surface area (Å²) in [6, 6.07) is 0.0382. The molecular weight excluding hydrogens is 214 g/mol. The normalized spacial score (nSPS) is 24.4. The minimum absolute atomic E-state index is 0.0310. The maximum Gasteiger partial charge on any atom is 0.237 e. The summed E-state index contributed by atoms with van der Waals surface area (Å²) < 4.78 is 0. The van der Waals surface area contributed by atoms with E-state index in [0.29, 0.717) is 6.04 Å². The third kappa shape index (κ3) is 4.28. The quantitative estimate of drug-likeness (QED) is 0.774. The lowest BCUT2D eigenvalue weighted by Crippen LogP contribution is -2.52. The van der Waals surface area contributed by atoms with E-state index in [-0.39, 0.29) is 11.3 Å². The van der Waals surface area contributed by atoms with Crippen LogP contribution in [0, 0.1) is 5.41 Å². The lowest BCUT2D eigenvalue weighted by molar-refractivity contribution is -0.124. The predicted molar refractivity (Wildman–Crippen MR) is 70.7 cm³/mol. The van der Waals surface area contributed by atoms with Crippen molar-refractivity contribution in [2.24, 2.45) is 11.1 Å². The lowest BCUT2D eigenvalue weighted by Gasteiger charge is -2.33. The zero-order valence-corrected chi connectivity index (χ0v) is 11.6. The number of hydrogen-bond donors (Lipinski definition) is 2. The summed E-state index contributed by atoms with van der Waals surface area (Å²) in [6.45, 7) is 7.82. The van der Waals surface area contributed by atoms with Crippen LogP contribution in [0.3, 0.4) is 0 Å². The van der Waals surface area contributed by atoms with E-state index >= 15 is 0 Å². The third-order valence-corrected chi connectivity index (χ3v) is 3.65. The van der Waals surface area contributed by atoms with Crippen LogP contribution in [0.5, 0.6) is 0 Å². The van der Waals surface area contributed by atoms with Crippen molar-refractivity contribution in [3.63, 3.8) is 0 Å². The predicted octanol–water partition coefficient (Wildman–Crippen LogP) is 0.960. The van der Waals surface area contributed by atoms with Gasteiger partial charge in [0.25, 0.3) is 0 Å². The summed E-state index contributed by atoms with van der Waals surface area (Å²) in [5.74, 6) is -0.0310. The van der Waals surface area contributed by atoms with Crippen LogP contribution in [0.2, 0.25) is 0 Å². The molecule has 2 unspecified atom stereocenters. The van der Waals surface area contributed by atoms with Crippen molar-refractivity contribution in [3.8, 4) is 0 Å². The van der Waals surface area contributed by atoms with E-state index in [0.717, 1.165) is 13.1 Å². The van der Waals surface area contributed by atoms with Crippen molar-refractivity contribution in [3.05, 3.63) is 0 Å². The average molecular weight is 241 g/mol. The molecule has 0 spiro atoms. The number of piperidine rings is 1. The molecule has 0 bridgehead atoms. The number of nitrogens with zero attached hydrogens (tertiary/aromatic N) is 1. The fourth-order valence-electron chi connectivity index (χ4n) is 2.12. The second-order valence-corrected chi connectivity index (χ2v) is 6.22. The van der Waals surface area contributed by atoms with Crippen LogP contribution in [0.4, 0.5) is 0 Å². The third-order valence-electron chi connectivity index (χ3n) is 3.65. The van der Waals surface area contributed by atoms with Gasteiger partial charge in [-0.25, -0.2) is 0 Å². The number of nitrogens with two attached hydrogens (primary N) is 1. The number of likely N-dealkylation sites (N-methyl/N-ethyl adjacent to an activating group) is 1. The standard InChI is InChI=1S/C13H27N3O/c1-13(2,3)11(14)12(17)15-9-10-7-5-6-8-16(10)4/h10-11H,5-9,14H2,1-4H3,(H,15,17). The highest BCUT2D eigenvalue weighted by molar-refractivity contribution is 5.82. The second-order valence-electron chi connectivity index (χ2n) is 6.22. The van der Waals surface area contributed by atoms with Gasteiger partial charge in [0.15, 0.2) is 0 Å². The largest absolute Gasteiger partial charge is 0.353 e. The molecule has 3 N–H and O–H groups in total. The van der Waals surface area contributed by atoms with Crippen LogP contribution in [-0.4, -0.2) is 43.0 Å². The first-order valence-corrected chi connectivity index (χ1v) is 6.56. The molecule has 1 aliphatic heterocycles. The highest BCUT2D eigenvalue weighted by Crippen LogP contribution is 2.18. The van der Waals surface area contributed by atoms with Crippen molar-refractivity contribution in [2.75, 3.05) is 20.1 Å². The van der Waals surface area contributed by atoms with E-state index in [1.165, 1.54) is 19.3 Å². The molecule has 4 heteroatoms. The number of amides is 1. The highest BCUT2D eigenvalue weighted by Gasteiger charge is 2.28. The van der Waals surface area contributed by atoms with Gasteiger partial charge in [0.1, 0.15) is 0 Å². The van der Waals surface area contributed by atoms with E-state index < -0.39 is 6.04 Å². The molecule has 0 aromatic carbocycles. The van der Waals surface area contributed by atoms with Crippen LogP contribution in [0.25, 0.3) is 0 Å². The molecular formula is C13H27N3O. The molecule has 1 saturated heterocycles. The lowest BCUT2D eigenvalue weighted by atomic mass is 9.87. The first-order valence-electron chi connectivity index (χ1n) is 6.56. The molecule has 0 aromatic rings. The molecule has 0 aromatic heterocycles. The Morgan fingerprint density at radius 2 is 2.12 bits per heavy atom. The Morgan fingerprint density at radius 3 is 2.65 bits per heavy atom. The van der Waals surface area contributed by atoms with Gasteiger partial charge < -0.3 is 16.0 Å². The number of likely N-dealkylation sites (tertiary alicyclic amines) is 1. The number of carbonyl (C=O) groups excluding carboxylic acids is 1. The summed E-state index contributed by atoms with van der Waals surface area (Å²) in [6.07, 6.45) is 3.69. The Kier molecular flexibility index (Phi) is 4.95. The van der Waals surface area contributed by atoms with Crippen molar-refractivity contribution in [1.29, 1.82) is 0 Å². The highest BCUT2D eigenvalue weighted by atomic mass is 16.2. The maximum atomic E-state index is 11.9. The molecule has 17 heavy (non-hydrogen) atoms. The zero-order chi connectivity index (χ0) is 13.1. The molecule has 0 saturated carbocycles. The Morgan fingerprint density at radius 1 is 1.47 bits per heavy atom. The van der Waals surface area contributed by atoms with E-state index in [1.54, 1.807) is 0 Å². The summed E-state index contributed by atoms with van der Waals surface area (Å²) in [5.41, 5.74) is 5.74. The first kappa shape index (κ1) is 14.5. The molecule has 1 amide bonds. The van der Waals surface area contributed by atoms with Crippen LogP contribution in [0.1, 0.15) is 40.0 Å². The smallest absolute Gasteiger partial charge is 0.237 e. The maximum absolute atomic E-state index is 11.9. The first-order chi connectivity index (χ1) is 7.82. The minimum Gasteiger partial charge on any atom is -0.353 e. The fraction of sp³-hybridized carbons (Fsp3) is 0.923. The molecule has 0 aliphatic carbocycles. The van der Waals surface area contributed by atoms with Crippen LogP contribution < -0.4 is 11.1 Å². The topological polar surface area (TPSA) is 58.4 Å². The second kappa shape index (κ2) is 5.83. The Balaban J connectivity index is 2.37. The molecule has 100 valence electrons. The molecule has 4 nitrogen and oxygen atoms in total. The van der Waals surface area contributed by atoms with Crippen LogP contribution in [-0.2, 0) is 4.79 Å². The average Bonchev–Trinajstić information content (AvgIpc) is 2.25. The fourth-order valence-corrected chi connectivity index (χ4v) is 2.12. The minimum atomic E-state index is -0.434. The molecule has 2 atom stereocenters. The Hall–Kier alpha value is -0.610. The number of nitrogens with one attached hydrogen (secondary N) is 1. The molecule has 1 heterocycles. The molecule has 1 fully saturated rings. The Labute approximate surface area is 105 Å². The van der Waals surface area contributed by atoms with Gasteiger partial charge in [0.2, 0.25) is 5.91 Å². The summed E-state index contributed by atoms with van der Waals surface area (Å²) in [4.78, 5) is 14.2. The van der Waals surface area contributed by atoms with Gasteiger partial charge in [-0.15, -0.1) is 0 Å². The van der Waals surface area contributed by atoms with Crippen molar-refractivity contribution in [2.45, 2.75) is 52.1 Å². The van der Waals surface area contributed by atoms with Gasteiger partial charge in [0, 0.05) is 12.6 Å². The van der Waals surface area contributed by atoms with E-state index in [1.807, 2.05) is 20.8 Å². The zero-order valence-electron chi connectivity index (χ0n) is 11.6. The summed E-state index contributed by atoms with van der Waals surface area (Å²) in [5, 5.41) is 2.98. The van der Waals surface area contributed by atoms with Gasteiger partial charge in [-0.3, -0.25) is 4.79 Å². The number of carbonyl (C=O) groups is 1. The Bertz CT molecular complexity index is 260. The monoisotopic (exact) mass is 241 g/mol. The molecule has 1 aliphatic rings. The van der Waals surface area contributed by atoms with Gasteiger partial charge in [0.05, 0.1) is 6.04 Å². The SMILES string of the molecule is CN1CCCCC1CNC(=O)C(N)C(C)(C)C. The van der Waals surface area contributed by atoms with Gasteiger partial charge >= 0.3 is 0 Å². The number of hydrogen-bond acceptors (Lipinski definition) is 3.